The molecular formula is C15H23N3O2S. The smallest absolute Gasteiger partial charge is 0.260 e. The zero-order valence-electron chi connectivity index (χ0n) is 12.2. The fourth-order valence-electron chi connectivity index (χ4n) is 3.60. The predicted molar refractivity (Wildman–Crippen MR) is 81.0 cm³/mol. The first kappa shape index (κ1) is 14.9. The van der Waals surface area contributed by atoms with Crippen LogP contribution >= 0.6 is 0 Å². The van der Waals surface area contributed by atoms with E-state index in [9.17, 15) is 8.42 Å². The van der Waals surface area contributed by atoms with Gasteiger partial charge in [0, 0.05) is 25.8 Å². The van der Waals surface area contributed by atoms with E-state index in [0.29, 0.717) is 25.6 Å². The number of pyridine rings is 1. The van der Waals surface area contributed by atoms with Gasteiger partial charge in [-0.25, -0.2) is 13.4 Å². The molecule has 2 fully saturated rings. The van der Waals surface area contributed by atoms with Crippen molar-refractivity contribution in [1.82, 2.24) is 9.29 Å². The van der Waals surface area contributed by atoms with Crippen LogP contribution in [0.4, 0.5) is 0 Å². The molecule has 0 aromatic carbocycles. The van der Waals surface area contributed by atoms with E-state index in [1.54, 1.807) is 22.6 Å². The highest BCUT2D eigenvalue weighted by atomic mass is 32.2. The van der Waals surface area contributed by atoms with Crippen molar-refractivity contribution in [2.75, 3.05) is 13.1 Å². The van der Waals surface area contributed by atoms with Gasteiger partial charge in [0.25, 0.3) is 10.0 Å². The van der Waals surface area contributed by atoms with Crippen molar-refractivity contribution >= 4 is 10.0 Å². The Morgan fingerprint density at radius 2 is 1.95 bits per heavy atom. The van der Waals surface area contributed by atoms with E-state index in [4.69, 9.17) is 5.73 Å². The highest BCUT2D eigenvalue weighted by Crippen LogP contribution is 2.37. The van der Waals surface area contributed by atoms with Crippen LogP contribution in [0.25, 0.3) is 0 Å². The summed E-state index contributed by atoms with van der Waals surface area (Å²) in [6.45, 7) is 1.66. The lowest BCUT2D eigenvalue weighted by Gasteiger charge is -2.40. The van der Waals surface area contributed by atoms with Crippen LogP contribution in [0, 0.1) is 11.8 Å². The molecule has 1 saturated heterocycles. The van der Waals surface area contributed by atoms with E-state index in [-0.39, 0.29) is 5.03 Å². The van der Waals surface area contributed by atoms with E-state index in [0.717, 1.165) is 24.3 Å². The van der Waals surface area contributed by atoms with Crippen molar-refractivity contribution in [3.63, 3.8) is 0 Å². The van der Waals surface area contributed by atoms with E-state index < -0.39 is 10.0 Å². The average Bonchev–Trinajstić information content (AvgIpc) is 2.54. The summed E-state index contributed by atoms with van der Waals surface area (Å²) in [5, 5.41) is 0.147. The lowest BCUT2D eigenvalue weighted by molar-refractivity contribution is 0.136. The highest BCUT2D eigenvalue weighted by Gasteiger charge is 2.36. The molecule has 1 aliphatic carbocycles. The van der Waals surface area contributed by atoms with Gasteiger partial charge in [0.15, 0.2) is 5.03 Å². The Labute approximate surface area is 126 Å². The second-order valence-electron chi connectivity index (χ2n) is 6.17. The van der Waals surface area contributed by atoms with Gasteiger partial charge in [0.2, 0.25) is 0 Å². The van der Waals surface area contributed by atoms with Gasteiger partial charge in [-0.2, -0.15) is 4.31 Å². The number of piperidine rings is 1. The quantitative estimate of drug-likeness (QED) is 0.922. The molecule has 2 N–H and O–H groups in total. The number of nitrogens with two attached hydrogens (primary N) is 1. The first-order valence-corrected chi connectivity index (χ1v) is 9.20. The third kappa shape index (κ3) is 2.98. The molecule has 2 unspecified atom stereocenters. The Bertz CT molecular complexity index is 585. The third-order valence-electron chi connectivity index (χ3n) is 4.89. The molecule has 1 saturated carbocycles. The van der Waals surface area contributed by atoms with Crippen LogP contribution in [0.2, 0.25) is 0 Å². The SMILES string of the molecule is NCc1ccc(S(=O)(=O)N2CCC3CCCCC3C2)nc1. The van der Waals surface area contributed by atoms with E-state index in [1.165, 1.54) is 19.3 Å². The monoisotopic (exact) mass is 309 g/mol. The van der Waals surface area contributed by atoms with Gasteiger partial charge in [-0.15, -0.1) is 0 Å². The maximum Gasteiger partial charge on any atom is 0.260 e. The predicted octanol–water partition coefficient (Wildman–Crippen LogP) is 1.74. The lowest BCUT2D eigenvalue weighted by Crippen LogP contribution is -2.44. The molecule has 6 heteroatoms. The fraction of sp³-hybridized carbons (Fsp3) is 0.667. The molecule has 0 radical (unpaired) electrons. The molecule has 0 amide bonds. The summed E-state index contributed by atoms with van der Waals surface area (Å²) < 4.78 is 27.0. The number of nitrogens with zero attached hydrogens (tertiary/aromatic N) is 2. The van der Waals surface area contributed by atoms with Crippen molar-refractivity contribution in [2.24, 2.45) is 17.6 Å². The first-order valence-electron chi connectivity index (χ1n) is 7.76. The second kappa shape index (κ2) is 6.02. The van der Waals surface area contributed by atoms with Crippen LogP contribution in [0.3, 0.4) is 0 Å². The zero-order valence-corrected chi connectivity index (χ0v) is 13.1. The lowest BCUT2D eigenvalue weighted by atomic mass is 9.76. The summed E-state index contributed by atoms with van der Waals surface area (Å²) in [5.41, 5.74) is 6.37. The number of fused-ring (bicyclic) bond motifs is 1. The summed E-state index contributed by atoms with van der Waals surface area (Å²) >= 11 is 0. The van der Waals surface area contributed by atoms with Gasteiger partial charge >= 0.3 is 0 Å². The van der Waals surface area contributed by atoms with Crippen molar-refractivity contribution in [1.29, 1.82) is 0 Å². The largest absolute Gasteiger partial charge is 0.326 e. The molecule has 5 nitrogen and oxygen atoms in total. The number of rotatable bonds is 3. The van der Waals surface area contributed by atoms with Crippen LogP contribution in [-0.4, -0.2) is 30.8 Å². The molecule has 0 spiro atoms. The van der Waals surface area contributed by atoms with Gasteiger partial charge in [0.1, 0.15) is 0 Å². The maximum absolute atomic E-state index is 12.7. The number of hydrogen-bond acceptors (Lipinski definition) is 4. The normalized spacial score (nSPS) is 27.3. The second-order valence-corrected chi connectivity index (χ2v) is 8.05. The van der Waals surface area contributed by atoms with E-state index >= 15 is 0 Å². The van der Waals surface area contributed by atoms with Crippen LogP contribution in [0.15, 0.2) is 23.4 Å². The molecule has 2 heterocycles. The first-order chi connectivity index (χ1) is 10.1. The molecule has 3 rings (SSSR count). The highest BCUT2D eigenvalue weighted by molar-refractivity contribution is 7.89. The standard InChI is InChI=1S/C15H23N3O2S/c16-9-12-5-6-15(17-10-12)21(19,20)18-8-7-13-3-1-2-4-14(13)11-18/h5-6,10,13-14H,1-4,7-9,11,16H2. The van der Waals surface area contributed by atoms with Gasteiger partial charge in [-0.1, -0.05) is 25.3 Å². The Morgan fingerprint density at radius 3 is 2.62 bits per heavy atom. The van der Waals surface area contributed by atoms with Gasteiger partial charge in [0.05, 0.1) is 0 Å². The molecule has 2 atom stereocenters. The topological polar surface area (TPSA) is 76.3 Å². The minimum absolute atomic E-state index is 0.147. The van der Waals surface area contributed by atoms with Crippen LogP contribution in [-0.2, 0) is 16.6 Å². The minimum Gasteiger partial charge on any atom is -0.326 e. The summed E-state index contributed by atoms with van der Waals surface area (Å²) in [7, 11) is -3.46. The number of aromatic nitrogens is 1. The summed E-state index contributed by atoms with van der Waals surface area (Å²) in [6, 6.07) is 3.32. The van der Waals surface area contributed by atoms with E-state index in [2.05, 4.69) is 4.98 Å². The van der Waals surface area contributed by atoms with Crippen molar-refractivity contribution in [3.8, 4) is 0 Å². The molecular weight excluding hydrogens is 286 g/mol. The van der Waals surface area contributed by atoms with Gasteiger partial charge in [-0.3, -0.25) is 0 Å². The molecule has 1 aromatic heterocycles. The Morgan fingerprint density at radius 1 is 1.19 bits per heavy atom. The van der Waals surface area contributed by atoms with Crippen molar-refractivity contribution in [2.45, 2.75) is 43.7 Å². The Hall–Kier alpha value is -0.980. The summed E-state index contributed by atoms with van der Waals surface area (Å²) in [6.07, 6.45) is 7.51. The van der Waals surface area contributed by atoms with Crippen LogP contribution in [0.1, 0.15) is 37.7 Å². The maximum atomic E-state index is 12.7. The van der Waals surface area contributed by atoms with Crippen LogP contribution in [0.5, 0.6) is 0 Å². The Kier molecular flexibility index (Phi) is 4.28. The molecule has 1 aromatic rings. The fourth-order valence-corrected chi connectivity index (χ4v) is 5.03. The number of sulfonamides is 1. The third-order valence-corrected chi connectivity index (χ3v) is 6.67. The zero-order chi connectivity index (χ0) is 14.9. The van der Waals surface area contributed by atoms with Crippen molar-refractivity contribution in [3.05, 3.63) is 23.9 Å². The summed E-state index contributed by atoms with van der Waals surface area (Å²) in [5.74, 6) is 1.25. The van der Waals surface area contributed by atoms with Gasteiger partial charge < -0.3 is 5.73 Å². The molecule has 116 valence electrons. The molecule has 2 aliphatic rings. The van der Waals surface area contributed by atoms with Gasteiger partial charge in [-0.05, 0) is 36.3 Å². The number of hydrogen-bond donors (Lipinski definition) is 1. The Balaban J connectivity index is 1.78. The van der Waals surface area contributed by atoms with Crippen LogP contribution < -0.4 is 5.73 Å². The molecule has 1 aliphatic heterocycles. The average molecular weight is 309 g/mol. The summed E-state index contributed by atoms with van der Waals surface area (Å²) in [4.78, 5) is 4.09. The van der Waals surface area contributed by atoms with Crippen molar-refractivity contribution < 1.29 is 8.42 Å². The molecule has 21 heavy (non-hydrogen) atoms. The minimum atomic E-state index is -3.46. The van der Waals surface area contributed by atoms with E-state index in [1.807, 2.05) is 0 Å². The molecule has 0 bridgehead atoms.